The van der Waals surface area contributed by atoms with Gasteiger partial charge in [-0.1, -0.05) is 24.3 Å². The number of anilines is 1. The molecule has 2 N–H and O–H groups in total. The first kappa shape index (κ1) is 8.98. The molecule has 0 unspecified atom stereocenters. The second kappa shape index (κ2) is 3.11. The topological polar surface area (TPSA) is 24.1 Å². The molecule has 0 radical (unpaired) electrons. The predicted octanol–water partition coefficient (Wildman–Crippen LogP) is 1.82. The number of hydrogen-bond donors (Lipinski definition) is 2. The van der Waals surface area contributed by atoms with Crippen LogP contribution in [-0.4, -0.2) is 19.6 Å². The van der Waals surface area contributed by atoms with Gasteiger partial charge in [0.15, 0.2) is 0 Å². The number of hydrogen-bond acceptors (Lipinski definition) is 2. The van der Waals surface area contributed by atoms with Gasteiger partial charge in [0.1, 0.15) is 0 Å². The van der Waals surface area contributed by atoms with Crippen molar-refractivity contribution in [1.29, 1.82) is 0 Å². The van der Waals surface area contributed by atoms with Crippen molar-refractivity contribution in [2.75, 3.05) is 25.0 Å². The van der Waals surface area contributed by atoms with E-state index in [0.717, 1.165) is 19.6 Å². The molecule has 0 fully saturated rings. The van der Waals surface area contributed by atoms with Gasteiger partial charge in [-0.2, -0.15) is 0 Å². The van der Waals surface area contributed by atoms with Crippen LogP contribution in [-0.2, 0) is 5.41 Å². The average Bonchev–Trinajstić information content (AvgIpc) is 2.60. The van der Waals surface area contributed by atoms with Gasteiger partial charge in [-0.3, -0.25) is 0 Å². The summed E-state index contributed by atoms with van der Waals surface area (Å²) in [6, 6.07) is 6.51. The van der Waals surface area contributed by atoms with Gasteiger partial charge in [0.2, 0.25) is 0 Å². The molecule has 1 atom stereocenters. The van der Waals surface area contributed by atoms with Gasteiger partial charge in [-0.15, -0.1) is 0 Å². The number of nitrogens with one attached hydrogen (secondary N) is 2. The highest BCUT2D eigenvalue weighted by Gasteiger charge is 2.38. The summed E-state index contributed by atoms with van der Waals surface area (Å²) in [5, 5.41) is 6.97. The average molecular weight is 200 g/mol. The van der Waals surface area contributed by atoms with Crippen LogP contribution in [0.1, 0.15) is 11.1 Å². The molecule has 0 bridgehead atoms. The van der Waals surface area contributed by atoms with Gasteiger partial charge >= 0.3 is 0 Å². The zero-order valence-electron chi connectivity index (χ0n) is 9.01. The summed E-state index contributed by atoms with van der Waals surface area (Å²) < 4.78 is 0. The molecule has 0 saturated heterocycles. The molecule has 2 heteroatoms. The number of fused-ring (bicyclic) bond motifs is 2. The fourth-order valence-electron chi connectivity index (χ4n) is 2.83. The molecule has 0 amide bonds. The Labute approximate surface area is 90.4 Å². The van der Waals surface area contributed by atoms with E-state index in [4.69, 9.17) is 0 Å². The predicted molar refractivity (Wildman–Crippen MR) is 63.4 cm³/mol. The highest BCUT2D eigenvalue weighted by Crippen LogP contribution is 2.40. The fourth-order valence-corrected chi connectivity index (χ4v) is 2.83. The molecule has 2 nitrogen and oxygen atoms in total. The van der Waals surface area contributed by atoms with Gasteiger partial charge in [-0.25, -0.2) is 0 Å². The Morgan fingerprint density at radius 3 is 3.00 bits per heavy atom. The molecule has 1 aromatic carbocycles. The number of benzene rings is 1. The Balaban J connectivity index is 2.17. The van der Waals surface area contributed by atoms with Crippen LogP contribution in [0, 0.1) is 6.92 Å². The van der Waals surface area contributed by atoms with Crippen LogP contribution >= 0.6 is 0 Å². The Morgan fingerprint density at radius 1 is 1.27 bits per heavy atom. The van der Waals surface area contributed by atoms with E-state index in [0.29, 0.717) is 0 Å². The fraction of sp³-hybridized carbons (Fsp3) is 0.385. The Hall–Kier alpha value is -1.28. The molecule has 2 aliphatic heterocycles. The maximum absolute atomic E-state index is 3.51. The van der Waals surface area contributed by atoms with E-state index in [1.54, 1.807) is 0 Å². The van der Waals surface area contributed by atoms with Crippen molar-refractivity contribution in [3.05, 3.63) is 41.5 Å². The van der Waals surface area contributed by atoms with Gasteiger partial charge in [-0.05, 0) is 24.1 Å². The minimum absolute atomic E-state index is 0.193. The monoisotopic (exact) mass is 200 g/mol. The van der Waals surface area contributed by atoms with Crippen LogP contribution in [0.4, 0.5) is 5.69 Å². The SMILES string of the molecule is Cc1cccc2c1[C@@]1(C=CCNC1)CN2. The van der Waals surface area contributed by atoms with E-state index in [2.05, 4.69) is 47.9 Å². The Kier molecular flexibility index (Phi) is 1.86. The molecule has 2 aliphatic rings. The zero-order chi connectivity index (χ0) is 10.3. The van der Waals surface area contributed by atoms with Crippen molar-refractivity contribution in [1.82, 2.24) is 5.32 Å². The number of aryl methyl sites for hydroxylation is 1. The van der Waals surface area contributed by atoms with E-state index in [1.165, 1.54) is 16.8 Å². The second-order valence-corrected chi connectivity index (χ2v) is 4.54. The maximum atomic E-state index is 3.51. The molecule has 15 heavy (non-hydrogen) atoms. The molecule has 1 spiro atoms. The lowest BCUT2D eigenvalue weighted by atomic mass is 9.78. The van der Waals surface area contributed by atoms with Crippen molar-refractivity contribution in [3.63, 3.8) is 0 Å². The van der Waals surface area contributed by atoms with Crippen molar-refractivity contribution in [2.24, 2.45) is 0 Å². The number of rotatable bonds is 0. The van der Waals surface area contributed by atoms with E-state index in [1.807, 2.05) is 0 Å². The van der Waals surface area contributed by atoms with Crippen LogP contribution in [0.15, 0.2) is 30.4 Å². The van der Waals surface area contributed by atoms with Gasteiger partial charge < -0.3 is 10.6 Å². The summed E-state index contributed by atoms with van der Waals surface area (Å²) in [6.07, 6.45) is 4.61. The first-order valence-corrected chi connectivity index (χ1v) is 5.54. The molecular formula is C13H16N2. The van der Waals surface area contributed by atoms with E-state index >= 15 is 0 Å². The van der Waals surface area contributed by atoms with Crippen molar-refractivity contribution >= 4 is 5.69 Å². The van der Waals surface area contributed by atoms with Crippen LogP contribution < -0.4 is 10.6 Å². The normalized spacial score (nSPS) is 27.8. The van der Waals surface area contributed by atoms with E-state index in [-0.39, 0.29) is 5.41 Å². The van der Waals surface area contributed by atoms with Crippen LogP contribution in [0.25, 0.3) is 0 Å². The zero-order valence-corrected chi connectivity index (χ0v) is 9.01. The molecule has 0 saturated carbocycles. The largest absolute Gasteiger partial charge is 0.384 e. The van der Waals surface area contributed by atoms with Crippen LogP contribution in [0.2, 0.25) is 0 Å². The highest BCUT2D eigenvalue weighted by atomic mass is 15.0. The summed E-state index contributed by atoms with van der Waals surface area (Å²) >= 11 is 0. The highest BCUT2D eigenvalue weighted by molar-refractivity contribution is 5.65. The van der Waals surface area contributed by atoms with Crippen molar-refractivity contribution in [2.45, 2.75) is 12.3 Å². The summed E-state index contributed by atoms with van der Waals surface area (Å²) in [4.78, 5) is 0. The summed E-state index contributed by atoms with van der Waals surface area (Å²) in [5.41, 5.74) is 4.38. The summed E-state index contributed by atoms with van der Waals surface area (Å²) in [7, 11) is 0. The molecule has 2 heterocycles. The first-order valence-electron chi connectivity index (χ1n) is 5.54. The third-order valence-corrected chi connectivity index (χ3v) is 3.50. The van der Waals surface area contributed by atoms with Gasteiger partial charge in [0, 0.05) is 30.7 Å². The quantitative estimate of drug-likeness (QED) is 0.624. The Morgan fingerprint density at radius 2 is 2.20 bits per heavy atom. The molecule has 0 aromatic heterocycles. The maximum Gasteiger partial charge on any atom is 0.0453 e. The third kappa shape index (κ3) is 1.21. The lowest BCUT2D eigenvalue weighted by Crippen LogP contribution is -2.41. The molecule has 78 valence electrons. The minimum Gasteiger partial charge on any atom is -0.384 e. The van der Waals surface area contributed by atoms with Crippen LogP contribution in [0.3, 0.4) is 0 Å². The van der Waals surface area contributed by atoms with E-state index in [9.17, 15) is 0 Å². The second-order valence-electron chi connectivity index (χ2n) is 4.54. The van der Waals surface area contributed by atoms with Gasteiger partial charge in [0.05, 0.1) is 0 Å². The molecule has 3 rings (SSSR count). The summed E-state index contributed by atoms with van der Waals surface area (Å²) in [5.74, 6) is 0. The summed E-state index contributed by atoms with van der Waals surface area (Å²) in [6.45, 7) is 5.28. The third-order valence-electron chi connectivity index (χ3n) is 3.50. The van der Waals surface area contributed by atoms with Crippen molar-refractivity contribution < 1.29 is 0 Å². The smallest absolute Gasteiger partial charge is 0.0453 e. The molecule has 1 aromatic rings. The lowest BCUT2D eigenvalue weighted by Gasteiger charge is -2.30. The molecule has 0 aliphatic carbocycles. The lowest BCUT2D eigenvalue weighted by molar-refractivity contribution is 0.511. The van der Waals surface area contributed by atoms with Crippen LogP contribution in [0.5, 0.6) is 0 Å². The van der Waals surface area contributed by atoms with Crippen molar-refractivity contribution in [3.8, 4) is 0 Å². The standard InChI is InChI=1S/C13H16N2/c1-10-4-2-5-11-12(10)13(9-15-11)6-3-7-14-8-13/h2-6,14-15H,7-9H2,1H3/t13-/m1/s1. The van der Waals surface area contributed by atoms with E-state index < -0.39 is 0 Å². The van der Waals surface area contributed by atoms with Gasteiger partial charge in [0.25, 0.3) is 0 Å². The Bertz CT molecular complexity index is 423. The molecular weight excluding hydrogens is 184 g/mol. The first-order chi connectivity index (χ1) is 7.32. The minimum atomic E-state index is 0.193.